The van der Waals surface area contributed by atoms with Crippen LogP contribution in [0.3, 0.4) is 0 Å². The lowest BCUT2D eigenvalue weighted by Gasteiger charge is -2.26. The van der Waals surface area contributed by atoms with Crippen molar-refractivity contribution in [3.63, 3.8) is 0 Å². The number of carbonyl (C=O) groups is 1. The number of benzene rings is 2. The molecule has 0 unspecified atom stereocenters. The molecule has 0 radical (unpaired) electrons. The number of hydrogen-bond donors (Lipinski definition) is 0. The number of nitrogens with zero attached hydrogens (tertiary/aromatic N) is 1. The third-order valence-electron chi connectivity index (χ3n) is 5.96. The minimum absolute atomic E-state index is 0.0672. The molecule has 2 heterocycles. The fourth-order valence-electron chi connectivity index (χ4n) is 4.51. The second-order valence-corrected chi connectivity index (χ2v) is 7.93. The Hall–Kier alpha value is -2.69. The maximum atomic E-state index is 13.0. The molecule has 5 nitrogen and oxygen atoms in total. The molecule has 0 aliphatic carbocycles. The largest absolute Gasteiger partial charge is 0.497 e. The molecule has 2 aliphatic rings. The van der Waals surface area contributed by atoms with Gasteiger partial charge in [-0.15, -0.1) is 0 Å². The summed E-state index contributed by atoms with van der Waals surface area (Å²) in [6, 6.07) is 12.2. The molecule has 0 bridgehead atoms. The van der Waals surface area contributed by atoms with Crippen molar-refractivity contribution in [3.05, 3.63) is 53.1 Å². The van der Waals surface area contributed by atoms with Crippen molar-refractivity contribution in [2.24, 2.45) is 0 Å². The zero-order chi connectivity index (χ0) is 20.4. The number of carbonyl (C=O) groups excluding carboxylic acids is 1. The van der Waals surface area contributed by atoms with Crippen molar-refractivity contribution in [2.45, 2.75) is 51.2 Å². The van der Waals surface area contributed by atoms with Gasteiger partial charge in [0.1, 0.15) is 23.4 Å². The van der Waals surface area contributed by atoms with E-state index in [0.717, 1.165) is 55.0 Å². The molecule has 29 heavy (non-hydrogen) atoms. The molecule has 1 saturated heterocycles. The fraction of sp³-hybridized carbons (Fsp3) is 0.458. The molecule has 2 aromatic carbocycles. The van der Waals surface area contributed by atoms with Gasteiger partial charge in [-0.05, 0) is 55.5 Å². The van der Waals surface area contributed by atoms with E-state index in [1.807, 2.05) is 29.2 Å². The van der Waals surface area contributed by atoms with Gasteiger partial charge in [-0.2, -0.15) is 0 Å². The van der Waals surface area contributed by atoms with Crippen LogP contribution in [-0.2, 0) is 17.6 Å². The SMILES string of the molecule is COc1ccc([C@H]2CCCN2C(=O)CCc2ccc3c(c2)C[C@@H](C)O3)c(OC)c1. The first-order chi connectivity index (χ1) is 14.1. The summed E-state index contributed by atoms with van der Waals surface area (Å²) < 4.78 is 16.7. The molecular formula is C24H29NO4. The summed E-state index contributed by atoms with van der Waals surface area (Å²) in [4.78, 5) is 15.1. The normalized spacial score (nSPS) is 20.3. The Balaban J connectivity index is 1.44. The number of hydrogen-bond acceptors (Lipinski definition) is 4. The van der Waals surface area contributed by atoms with Crippen molar-refractivity contribution in [1.82, 2.24) is 4.90 Å². The number of rotatable bonds is 6. The second-order valence-electron chi connectivity index (χ2n) is 7.93. The van der Waals surface area contributed by atoms with E-state index in [0.29, 0.717) is 6.42 Å². The number of likely N-dealkylation sites (tertiary alicyclic amines) is 1. The smallest absolute Gasteiger partial charge is 0.223 e. The molecule has 4 rings (SSSR count). The van der Waals surface area contributed by atoms with Crippen molar-refractivity contribution in [1.29, 1.82) is 0 Å². The minimum atomic E-state index is 0.0672. The van der Waals surface area contributed by atoms with Crippen LogP contribution in [0.4, 0.5) is 0 Å². The highest BCUT2D eigenvalue weighted by Gasteiger charge is 2.31. The van der Waals surface area contributed by atoms with Crippen LogP contribution in [0.1, 0.15) is 48.9 Å². The lowest BCUT2D eigenvalue weighted by molar-refractivity contribution is -0.132. The first-order valence-corrected chi connectivity index (χ1v) is 10.4. The van der Waals surface area contributed by atoms with Crippen LogP contribution in [0.15, 0.2) is 36.4 Å². The van der Waals surface area contributed by atoms with Crippen LogP contribution >= 0.6 is 0 Å². The van der Waals surface area contributed by atoms with E-state index in [4.69, 9.17) is 14.2 Å². The van der Waals surface area contributed by atoms with Gasteiger partial charge in [0, 0.05) is 31.0 Å². The maximum Gasteiger partial charge on any atom is 0.223 e. The van der Waals surface area contributed by atoms with Crippen LogP contribution in [0.25, 0.3) is 0 Å². The molecule has 2 aromatic rings. The van der Waals surface area contributed by atoms with E-state index in [1.54, 1.807) is 14.2 Å². The zero-order valence-corrected chi connectivity index (χ0v) is 17.4. The monoisotopic (exact) mass is 395 g/mol. The molecular weight excluding hydrogens is 366 g/mol. The molecule has 0 saturated carbocycles. The van der Waals surface area contributed by atoms with Crippen LogP contribution in [0, 0.1) is 0 Å². The summed E-state index contributed by atoms with van der Waals surface area (Å²) in [5.41, 5.74) is 3.51. The van der Waals surface area contributed by atoms with Crippen molar-refractivity contribution >= 4 is 5.91 Å². The van der Waals surface area contributed by atoms with Crippen molar-refractivity contribution < 1.29 is 19.0 Å². The molecule has 2 atom stereocenters. The van der Waals surface area contributed by atoms with Gasteiger partial charge in [0.15, 0.2) is 0 Å². The molecule has 0 spiro atoms. The molecule has 1 fully saturated rings. The number of fused-ring (bicyclic) bond motifs is 1. The average molecular weight is 395 g/mol. The van der Waals surface area contributed by atoms with E-state index in [-0.39, 0.29) is 18.1 Å². The Morgan fingerprint density at radius 2 is 2.03 bits per heavy atom. The van der Waals surface area contributed by atoms with Gasteiger partial charge in [-0.25, -0.2) is 0 Å². The topological polar surface area (TPSA) is 48.0 Å². The van der Waals surface area contributed by atoms with Gasteiger partial charge in [-0.1, -0.05) is 12.1 Å². The predicted octanol–water partition coefficient (Wildman–Crippen LogP) is 4.32. The Kier molecular flexibility index (Phi) is 5.65. The number of amides is 1. The van der Waals surface area contributed by atoms with E-state index in [9.17, 15) is 4.79 Å². The summed E-state index contributed by atoms with van der Waals surface area (Å²) in [5.74, 6) is 2.73. The summed E-state index contributed by atoms with van der Waals surface area (Å²) in [7, 11) is 3.31. The summed E-state index contributed by atoms with van der Waals surface area (Å²) in [6.45, 7) is 2.89. The van der Waals surface area contributed by atoms with Crippen LogP contribution < -0.4 is 14.2 Å². The van der Waals surface area contributed by atoms with Gasteiger partial charge in [0.05, 0.1) is 20.3 Å². The second kappa shape index (κ2) is 8.36. The summed E-state index contributed by atoms with van der Waals surface area (Å²) >= 11 is 0. The van der Waals surface area contributed by atoms with Crippen molar-refractivity contribution in [3.8, 4) is 17.2 Å². The molecule has 2 aliphatic heterocycles. The number of ether oxygens (including phenoxy) is 3. The Morgan fingerprint density at radius 1 is 1.17 bits per heavy atom. The maximum absolute atomic E-state index is 13.0. The number of methoxy groups -OCH3 is 2. The van der Waals surface area contributed by atoms with Crippen LogP contribution in [-0.4, -0.2) is 37.7 Å². The molecule has 154 valence electrons. The molecule has 0 N–H and O–H groups in total. The minimum Gasteiger partial charge on any atom is -0.497 e. The standard InChI is InChI=1S/C24H29NO4/c1-16-13-18-14-17(6-10-22(18)29-16)7-11-24(26)25-12-4-5-21(25)20-9-8-19(27-2)15-23(20)28-3/h6,8-10,14-16,21H,4-5,7,11-13H2,1-3H3/t16-,21-/m1/s1. The van der Waals surface area contributed by atoms with Gasteiger partial charge >= 0.3 is 0 Å². The highest BCUT2D eigenvalue weighted by molar-refractivity contribution is 5.77. The van der Waals surface area contributed by atoms with E-state index < -0.39 is 0 Å². The van der Waals surface area contributed by atoms with Crippen LogP contribution in [0.5, 0.6) is 17.2 Å². The zero-order valence-electron chi connectivity index (χ0n) is 17.4. The molecule has 5 heteroatoms. The first kappa shape index (κ1) is 19.6. The lowest BCUT2D eigenvalue weighted by atomic mass is 10.0. The van der Waals surface area contributed by atoms with Gasteiger partial charge in [-0.3, -0.25) is 4.79 Å². The quantitative estimate of drug-likeness (QED) is 0.731. The Morgan fingerprint density at radius 3 is 2.83 bits per heavy atom. The third kappa shape index (κ3) is 4.04. The predicted molar refractivity (Wildman–Crippen MR) is 112 cm³/mol. The molecule has 0 aromatic heterocycles. The first-order valence-electron chi connectivity index (χ1n) is 10.4. The highest BCUT2D eigenvalue weighted by atomic mass is 16.5. The lowest BCUT2D eigenvalue weighted by Crippen LogP contribution is -2.30. The number of aryl methyl sites for hydroxylation is 1. The highest BCUT2D eigenvalue weighted by Crippen LogP contribution is 2.39. The van der Waals surface area contributed by atoms with Gasteiger partial charge in [0.2, 0.25) is 5.91 Å². The fourth-order valence-corrected chi connectivity index (χ4v) is 4.51. The van der Waals surface area contributed by atoms with Crippen LogP contribution in [0.2, 0.25) is 0 Å². The van der Waals surface area contributed by atoms with Gasteiger partial charge in [0.25, 0.3) is 0 Å². The van der Waals surface area contributed by atoms with Gasteiger partial charge < -0.3 is 19.1 Å². The summed E-state index contributed by atoms with van der Waals surface area (Å²) in [5, 5.41) is 0. The van der Waals surface area contributed by atoms with E-state index >= 15 is 0 Å². The third-order valence-corrected chi connectivity index (χ3v) is 5.96. The molecule has 1 amide bonds. The van der Waals surface area contributed by atoms with E-state index in [1.165, 1.54) is 11.1 Å². The summed E-state index contributed by atoms with van der Waals surface area (Å²) in [6.07, 6.45) is 4.44. The van der Waals surface area contributed by atoms with Crippen molar-refractivity contribution in [2.75, 3.05) is 20.8 Å². The Labute approximate surface area is 172 Å². The van der Waals surface area contributed by atoms with E-state index in [2.05, 4.69) is 19.1 Å². The average Bonchev–Trinajstić information content (AvgIpc) is 3.36. The Bertz CT molecular complexity index is 894.